The lowest BCUT2D eigenvalue weighted by Gasteiger charge is -2.24. The summed E-state index contributed by atoms with van der Waals surface area (Å²) in [6.07, 6.45) is 4.92. The summed E-state index contributed by atoms with van der Waals surface area (Å²) in [6.45, 7) is 2.18. The monoisotopic (exact) mass is 380 g/mol. The van der Waals surface area contributed by atoms with Crippen LogP contribution < -0.4 is 20.7 Å². The molecule has 0 aromatic heterocycles. The van der Waals surface area contributed by atoms with Crippen molar-refractivity contribution in [2.45, 2.75) is 32.1 Å². The molecule has 0 bridgehead atoms. The molecule has 1 saturated carbocycles. The molecule has 0 atom stereocenters. The van der Waals surface area contributed by atoms with Gasteiger partial charge in [0.25, 0.3) is 0 Å². The van der Waals surface area contributed by atoms with Crippen LogP contribution in [0.4, 0.5) is 0 Å². The molecule has 0 spiro atoms. The van der Waals surface area contributed by atoms with Gasteiger partial charge in [-0.2, -0.15) is 0 Å². The summed E-state index contributed by atoms with van der Waals surface area (Å²) in [5.74, 6) is 1.96. The van der Waals surface area contributed by atoms with E-state index in [2.05, 4.69) is 20.9 Å². The number of halogens is 1. The smallest absolute Gasteiger partial charge is 0.223 e. The fraction of sp³-hybridized carbons (Fsp3) is 0.579. The van der Waals surface area contributed by atoms with Crippen molar-refractivity contribution in [3.63, 3.8) is 0 Å². The van der Waals surface area contributed by atoms with Crippen LogP contribution in [-0.2, 0) is 11.2 Å². The summed E-state index contributed by atoms with van der Waals surface area (Å²) in [6, 6.07) is 5.71. The van der Waals surface area contributed by atoms with Crippen LogP contribution in [0.15, 0.2) is 23.2 Å². The molecule has 7 heteroatoms. The molecule has 0 unspecified atom stereocenters. The highest BCUT2D eigenvalue weighted by Gasteiger charge is 2.24. The van der Waals surface area contributed by atoms with Crippen molar-refractivity contribution < 1.29 is 9.53 Å². The third kappa shape index (κ3) is 6.41. The van der Waals surface area contributed by atoms with Gasteiger partial charge >= 0.3 is 0 Å². The van der Waals surface area contributed by atoms with Gasteiger partial charge in [-0.05, 0) is 43.4 Å². The van der Waals surface area contributed by atoms with Crippen molar-refractivity contribution in [2.24, 2.45) is 10.9 Å². The molecular formula is C19H29ClN4O2. The number of ether oxygens (including phenoxy) is 1. The van der Waals surface area contributed by atoms with E-state index in [1.807, 2.05) is 18.2 Å². The Kier molecular flexibility index (Phi) is 8.54. The summed E-state index contributed by atoms with van der Waals surface area (Å²) in [5, 5.41) is 10.2. The van der Waals surface area contributed by atoms with E-state index in [9.17, 15) is 4.79 Å². The maximum atomic E-state index is 11.7. The summed E-state index contributed by atoms with van der Waals surface area (Å²) < 4.78 is 5.16. The second kappa shape index (κ2) is 10.9. The fourth-order valence-electron chi connectivity index (χ4n) is 2.72. The van der Waals surface area contributed by atoms with Crippen LogP contribution in [0, 0.1) is 5.92 Å². The molecule has 26 heavy (non-hydrogen) atoms. The van der Waals surface area contributed by atoms with E-state index in [-0.39, 0.29) is 11.8 Å². The van der Waals surface area contributed by atoms with E-state index in [1.165, 1.54) is 6.42 Å². The second-order valence-corrected chi connectivity index (χ2v) is 6.81. The van der Waals surface area contributed by atoms with Crippen molar-refractivity contribution in [3.8, 4) is 5.75 Å². The van der Waals surface area contributed by atoms with Crippen LogP contribution in [0.2, 0.25) is 5.02 Å². The molecule has 3 N–H and O–H groups in total. The van der Waals surface area contributed by atoms with Gasteiger partial charge in [0, 0.05) is 37.6 Å². The summed E-state index contributed by atoms with van der Waals surface area (Å²) in [7, 11) is 3.37. The molecule has 0 radical (unpaired) electrons. The van der Waals surface area contributed by atoms with Crippen molar-refractivity contribution in [2.75, 3.05) is 33.8 Å². The first-order valence-electron chi connectivity index (χ1n) is 9.18. The number of methoxy groups -OCH3 is 1. The maximum Gasteiger partial charge on any atom is 0.223 e. The predicted octanol–water partition coefficient (Wildman–Crippen LogP) is 2.36. The van der Waals surface area contributed by atoms with E-state index < -0.39 is 0 Å². The lowest BCUT2D eigenvalue weighted by atomic mass is 9.85. The van der Waals surface area contributed by atoms with Crippen LogP contribution in [0.25, 0.3) is 0 Å². The molecule has 1 amide bonds. The van der Waals surface area contributed by atoms with E-state index in [4.69, 9.17) is 16.3 Å². The Morgan fingerprint density at radius 2 is 1.96 bits per heavy atom. The molecular weight excluding hydrogens is 352 g/mol. The van der Waals surface area contributed by atoms with Crippen LogP contribution in [0.5, 0.6) is 5.75 Å². The number of carbonyl (C=O) groups is 1. The average Bonchev–Trinajstić information content (AvgIpc) is 2.59. The molecule has 1 aromatic rings. The number of nitrogens with zero attached hydrogens (tertiary/aromatic N) is 1. The topological polar surface area (TPSA) is 74.8 Å². The van der Waals surface area contributed by atoms with Crippen LogP contribution in [0.1, 0.15) is 31.2 Å². The molecule has 2 rings (SSSR count). The normalized spacial score (nSPS) is 14.5. The third-order valence-corrected chi connectivity index (χ3v) is 4.94. The summed E-state index contributed by atoms with van der Waals surface area (Å²) >= 11 is 6.25. The number of amides is 1. The highest BCUT2D eigenvalue weighted by molar-refractivity contribution is 6.31. The minimum absolute atomic E-state index is 0.204. The molecule has 0 aliphatic heterocycles. The van der Waals surface area contributed by atoms with Crippen molar-refractivity contribution in [1.29, 1.82) is 0 Å². The van der Waals surface area contributed by atoms with Gasteiger partial charge in [0.1, 0.15) is 5.75 Å². The van der Waals surface area contributed by atoms with Gasteiger partial charge in [-0.1, -0.05) is 24.1 Å². The molecule has 0 heterocycles. The minimum atomic E-state index is 0.204. The number of benzene rings is 1. The number of rotatable bonds is 9. The SMILES string of the molecule is CN=C(NCCCNC(=O)C1CCC1)NCCc1ccc(OC)cc1Cl. The zero-order valence-electron chi connectivity index (χ0n) is 15.6. The Bertz CT molecular complexity index is 618. The van der Waals surface area contributed by atoms with Crippen molar-refractivity contribution in [3.05, 3.63) is 28.8 Å². The first-order valence-corrected chi connectivity index (χ1v) is 9.56. The number of hydrogen-bond donors (Lipinski definition) is 3. The van der Waals surface area contributed by atoms with E-state index in [0.717, 1.165) is 56.0 Å². The lowest BCUT2D eigenvalue weighted by Crippen LogP contribution is -2.40. The van der Waals surface area contributed by atoms with Crippen LogP contribution >= 0.6 is 11.6 Å². The van der Waals surface area contributed by atoms with Crippen molar-refractivity contribution >= 4 is 23.5 Å². The molecule has 1 aliphatic rings. The minimum Gasteiger partial charge on any atom is -0.497 e. The van der Waals surface area contributed by atoms with Gasteiger partial charge < -0.3 is 20.7 Å². The average molecular weight is 381 g/mol. The van der Waals surface area contributed by atoms with Gasteiger partial charge in [0.15, 0.2) is 5.96 Å². The quantitative estimate of drug-likeness (QED) is 0.349. The predicted molar refractivity (Wildman–Crippen MR) is 106 cm³/mol. The van der Waals surface area contributed by atoms with Gasteiger partial charge in [-0.15, -0.1) is 0 Å². The number of hydrogen-bond acceptors (Lipinski definition) is 3. The highest BCUT2D eigenvalue weighted by atomic mass is 35.5. The second-order valence-electron chi connectivity index (χ2n) is 6.41. The number of aliphatic imine (C=N–C) groups is 1. The molecule has 1 fully saturated rings. The lowest BCUT2D eigenvalue weighted by molar-refractivity contribution is -0.127. The van der Waals surface area contributed by atoms with Gasteiger partial charge in [-0.3, -0.25) is 9.79 Å². The number of nitrogens with one attached hydrogen (secondary N) is 3. The van der Waals surface area contributed by atoms with Crippen LogP contribution in [0.3, 0.4) is 0 Å². The molecule has 0 saturated heterocycles. The first kappa shape index (κ1) is 20.4. The Hall–Kier alpha value is -1.95. The molecule has 144 valence electrons. The van der Waals surface area contributed by atoms with E-state index in [1.54, 1.807) is 14.2 Å². The van der Waals surface area contributed by atoms with E-state index in [0.29, 0.717) is 11.6 Å². The molecule has 1 aliphatic carbocycles. The van der Waals surface area contributed by atoms with Gasteiger partial charge in [-0.25, -0.2) is 0 Å². The largest absolute Gasteiger partial charge is 0.497 e. The van der Waals surface area contributed by atoms with Gasteiger partial charge in [0.05, 0.1) is 7.11 Å². The number of carbonyl (C=O) groups excluding carboxylic acids is 1. The Morgan fingerprint density at radius 3 is 2.58 bits per heavy atom. The fourth-order valence-corrected chi connectivity index (χ4v) is 2.98. The van der Waals surface area contributed by atoms with E-state index >= 15 is 0 Å². The zero-order valence-corrected chi connectivity index (χ0v) is 16.4. The first-order chi connectivity index (χ1) is 12.6. The maximum absolute atomic E-state index is 11.7. The summed E-state index contributed by atoms with van der Waals surface area (Å²) in [4.78, 5) is 15.9. The third-order valence-electron chi connectivity index (χ3n) is 4.59. The van der Waals surface area contributed by atoms with Gasteiger partial charge in [0.2, 0.25) is 5.91 Å². The highest BCUT2D eigenvalue weighted by Crippen LogP contribution is 2.26. The number of guanidine groups is 1. The summed E-state index contributed by atoms with van der Waals surface area (Å²) in [5.41, 5.74) is 1.06. The standard InChI is InChI=1S/C19H29ClN4O2/c1-21-19(23-11-4-10-22-18(25)15-5-3-6-15)24-12-9-14-7-8-16(26-2)13-17(14)20/h7-8,13,15H,3-6,9-12H2,1-2H3,(H,22,25)(H2,21,23,24). The Morgan fingerprint density at radius 1 is 1.23 bits per heavy atom. The van der Waals surface area contributed by atoms with Crippen molar-refractivity contribution in [1.82, 2.24) is 16.0 Å². The Balaban J connectivity index is 1.59. The Labute approximate surface area is 160 Å². The molecule has 6 nitrogen and oxygen atoms in total. The zero-order chi connectivity index (χ0) is 18.8. The van der Waals surface area contributed by atoms with Crippen LogP contribution in [-0.4, -0.2) is 45.7 Å². The molecule has 1 aromatic carbocycles.